The topological polar surface area (TPSA) is 72.8 Å². The lowest BCUT2D eigenvalue weighted by atomic mass is 9.79. The molecule has 2 aliphatic rings. The van der Waals surface area contributed by atoms with E-state index in [-0.39, 0.29) is 23.9 Å². The van der Waals surface area contributed by atoms with Crippen molar-refractivity contribution in [2.75, 3.05) is 13.1 Å². The predicted molar refractivity (Wildman–Crippen MR) is 101 cm³/mol. The van der Waals surface area contributed by atoms with Gasteiger partial charge in [-0.15, -0.1) is 0 Å². The fraction of sp³-hybridized carbons (Fsp3) is 0.476. The highest BCUT2D eigenvalue weighted by molar-refractivity contribution is 5.86. The molecule has 138 valence electrons. The molecule has 1 saturated carbocycles. The van der Waals surface area contributed by atoms with Crippen LogP contribution in [0.15, 0.2) is 42.5 Å². The van der Waals surface area contributed by atoms with Crippen LogP contribution >= 0.6 is 0 Å². The zero-order chi connectivity index (χ0) is 18.3. The number of aliphatic hydroxyl groups is 2. The first-order valence-corrected chi connectivity index (χ1v) is 9.42. The van der Waals surface area contributed by atoms with Gasteiger partial charge in [0.15, 0.2) is 0 Å². The maximum atomic E-state index is 12.8. The third-order valence-corrected chi connectivity index (χ3v) is 6.03. The number of carbonyl (C=O) groups is 1. The molecule has 2 amide bonds. The van der Waals surface area contributed by atoms with E-state index in [0.717, 1.165) is 10.9 Å². The number of urea groups is 1. The zero-order valence-corrected chi connectivity index (χ0v) is 15.0. The van der Waals surface area contributed by atoms with Crippen molar-refractivity contribution in [2.24, 2.45) is 11.8 Å². The van der Waals surface area contributed by atoms with Crippen LogP contribution in [0.25, 0.3) is 10.8 Å². The number of benzene rings is 2. The number of nitrogens with one attached hydrogen (secondary N) is 1. The summed E-state index contributed by atoms with van der Waals surface area (Å²) in [6, 6.07) is 14.2. The Morgan fingerprint density at radius 1 is 1.04 bits per heavy atom. The van der Waals surface area contributed by atoms with E-state index < -0.39 is 12.2 Å². The summed E-state index contributed by atoms with van der Waals surface area (Å²) in [5, 5.41) is 25.2. The Bertz CT molecular complexity index is 785. The van der Waals surface area contributed by atoms with Gasteiger partial charge in [0, 0.05) is 13.1 Å². The van der Waals surface area contributed by atoms with Gasteiger partial charge >= 0.3 is 6.03 Å². The molecule has 0 radical (unpaired) electrons. The van der Waals surface area contributed by atoms with Crippen LogP contribution in [0.1, 0.15) is 31.4 Å². The molecular weight excluding hydrogens is 328 g/mol. The second-order valence-electron chi connectivity index (χ2n) is 7.77. The standard InChI is InChI=1S/C21H26N2O3/c1-13(17-8-4-6-14-5-2-3-7-18(14)17)22-21(26)23-11-15-9-19(24)20(25)10-16(15)12-23/h2-8,13,15-16,19-20,24-25H,9-12H2,1H3,(H,22,26)/t13-,15-,16+,19+,20-/m1/s1. The van der Waals surface area contributed by atoms with Crippen LogP contribution in [0.4, 0.5) is 4.79 Å². The second-order valence-corrected chi connectivity index (χ2v) is 7.77. The number of fused-ring (bicyclic) bond motifs is 2. The molecule has 2 aromatic carbocycles. The molecule has 0 spiro atoms. The summed E-state index contributed by atoms with van der Waals surface area (Å²) in [5.74, 6) is 0.569. The molecule has 0 bridgehead atoms. The first-order valence-electron chi connectivity index (χ1n) is 9.42. The van der Waals surface area contributed by atoms with Crippen LogP contribution in [0, 0.1) is 11.8 Å². The largest absolute Gasteiger partial charge is 0.390 e. The average molecular weight is 354 g/mol. The highest BCUT2D eigenvalue weighted by atomic mass is 16.3. The van der Waals surface area contributed by atoms with E-state index in [0.29, 0.717) is 25.9 Å². The van der Waals surface area contributed by atoms with E-state index in [2.05, 4.69) is 29.6 Å². The SMILES string of the molecule is C[C@@H](NC(=O)N1C[C@H]2C[C@H](O)[C@H](O)C[C@H]2C1)c1cccc2ccccc12. The van der Waals surface area contributed by atoms with E-state index in [1.165, 1.54) is 5.39 Å². The smallest absolute Gasteiger partial charge is 0.317 e. The van der Waals surface area contributed by atoms with E-state index >= 15 is 0 Å². The minimum atomic E-state index is -0.658. The van der Waals surface area contributed by atoms with Gasteiger partial charge in [0.05, 0.1) is 18.2 Å². The molecule has 1 heterocycles. The van der Waals surface area contributed by atoms with Crippen molar-refractivity contribution in [3.63, 3.8) is 0 Å². The summed E-state index contributed by atoms with van der Waals surface area (Å²) in [4.78, 5) is 14.6. The number of amides is 2. The van der Waals surface area contributed by atoms with Gasteiger partial charge in [0.1, 0.15) is 0 Å². The molecule has 5 heteroatoms. The Morgan fingerprint density at radius 3 is 2.35 bits per heavy atom. The normalized spacial score (nSPS) is 29.4. The highest BCUT2D eigenvalue weighted by Crippen LogP contribution is 2.36. The Kier molecular flexibility index (Phi) is 4.59. The van der Waals surface area contributed by atoms with Gasteiger partial charge in [-0.2, -0.15) is 0 Å². The highest BCUT2D eigenvalue weighted by Gasteiger charge is 2.42. The number of hydrogen-bond donors (Lipinski definition) is 3. The van der Waals surface area contributed by atoms with Crippen molar-refractivity contribution < 1.29 is 15.0 Å². The Balaban J connectivity index is 1.45. The van der Waals surface area contributed by atoms with Crippen molar-refractivity contribution in [1.82, 2.24) is 10.2 Å². The van der Waals surface area contributed by atoms with Gasteiger partial charge in [0.25, 0.3) is 0 Å². The van der Waals surface area contributed by atoms with Crippen LogP contribution in [0.3, 0.4) is 0 Å². The molecule has 1 aliphatic heterocycles. The summed E-state index contributed by atoms with van der Waals surface area (Å²) in [6.45, 7) is 3.32. The third-order valence-electron chi connectivity index (χ3n) is 6.03. The minimum Gasteiger partial charge on any atom is -0.390 e. The summed E-state index contributed by atoms with van der Waals surface area (Å²) in [5.41, 5.74) is 1.11. The number of rotatable bonds is 2. The quantitative estimate of drug-likeness (QED) is 0.776. The summed E-state index contributed by atoms with van der Waals surface area (Å²) in [6.07, 6.45) is -0.161. The summed E-state index contributed by atoms with van der Waals surface area (Å²) in [7, 11) is 0. The molecule has 0 aromatic heterocycles. The molecule has 2 aromatic rings. The number of nitrogens with zero attached hydrogens (tertiary/aromatic N) is 1. The van der Waals surface area contributed by atoms with Crippen LogP contribution in [-0.2, 0) is 0 Å². The molecule has 5 atom stereocenters. The Morgan fingerprint density at radius 2 is 1.65 bits per heavy atom. The maximum Gasteiger partial charge on any atom is 0.317 e. The number of aliphatic hydroxyl groups excluding tert-OH is 2. The monoisotopic (exact) mass is 354 g/mol. The number of hydrogen-bond acceptors (Lipinski definition) is 3. The molecule has 2 fully saturated rings. The zero-order valence-electron chi connectivity index (χ0n) is 15.0. The van der Waals surface area contributed by atoms with Gasteiger partial charge in [-0.05, 0) is 47.9 Å². The van der Waals surface area contributed by atoms with Crippen molar-refractivity contribution in [2.45, 2.75) is 38.0 Å². The molecular formula is C21H26N2O3. The van der Waals surface area contributed by atoms with Crippen LogP contribution in [0.2, 0.25) is 0 Å². The maximum absolute atomic E-state index is 12.8. The molecule has 4 rings (SSSR count). The van der Waals surface area contributed by atoms with Crippen LogP contribution in [0.5, 0.6) is 0 Å². The van der Waals surface area contributed by atoms with Crippen molar-refractivity contribution in [1.29, 1.82) is 0 Å². The Labute approximate surface area is 153 Å². The minimum absolute atomic E-state index is 0.0659. The fourth-order valence-corrected chi connectivity index (χ4v) is 4.56. The van der Waals surface area contributed by atoms with Gasteiger partial charge in [-0.25, -0.2) is 4.79 Å². The number of carbonyl (C=O) groups excluding carboxylic acids is 1. The average Bonchev–Trinajstić information content (AvgIpc) is 3.04. The van der Waals surface area contributed by atoms with Crippen LogP contribution < -0.4 is 5.32 Å². The molecule has 5 nitrogen and oxygen atoms in total. The van der Waals surface area contributed by atoms with E-state index in [9.17, 15) is 15.0 Å². The van der Waals surface area contributed by atoms with Crippen molar-refractivity contribution in [3.05, 3.63) is 48.0 Å². The summed E-state index contributed by atoms with van der Waals surface area (Å²) >= 11 is 0. The first kappa shape index (κ1) is 17.3. The third kappa shape index (κ3) is 3.17. The lowest BCUT2D eigenvalue weighted by molar-refractivity contribution is -0.0372. The van der Waals surface area contributed by atoms with Gasteiger partial charge in [-0.3, -0.25) is 0 Å². The molecule has 1 saturated heterocycles. The molecule has 26 heavy (non-hydrogen) atoms. The predicted octanol–water partition coefficient (Wildman–Crippen LogP) is 2.67. The Hall–Kier alpha value is -2.11. The lowest BCUT2D eigenvalue weighted by Gasteiger charge is -2.31. The van der Waals surface area contributed by atoms with E-state index in [1.54, 1.807) is 0 Å². The molecule has 1 aliphatic carbocycles. The van der Waals surface area contributed by atoms with Crippen molar-refractivity contribution in [3.8, 4) is 0 Å². The fourth-order valence-electron chi connectivity index (χ4n) is 4.56. The molecule has 3 N–H and O–H groups in total. The molecule has 0 unspecified atom stereocenters. The first-order chi connectivity index (χ1) is 12.5. The van der Waals surface area contributed by atoms with E-state index in [4.69, 9.17) is 0 Å². The summed E-state index contributed by atoms with van der Waals surface area (Å²) < 4.78 is 0. The number of likely N-dealkylation sites (tertiary alicyclic amines) is 1. The van der Waals surface area contributed by atoms with Gasteiger partial charge < -0.3 is 20.4 Å². The van der Waals surface area contributed by atoms with Crippen LogP contribution in [-0.4, -0.2) is 46.4 Å². The van der Waals surface area contributed by atoms with Crippen molar-refractivity contribution >= 4 is 16.8 Å². The van der Waals surface area contributed by atoms with Gasteiger partial charge in [0.2, 0.25) is 0 Å². The second kappa shape index (κ2) is 6.89. The van der Waals surface area contributed by atoms with E-state index in [1.807, 2.05) is 30.0 Å². The lowest BCUT2D eigenvalue weighted by Crippen LogP contribution is -2.40. The van der Waals surface area contributed by atoms with Gasteiger partial charge in [-0.1, -0.05) is 42.5 Å².